The molecule has 1 atom stereocenters. The minimum atomic E-state index is -3.20. The Morgan fingerprint density at radius 3 is 2.39 bits per heavy atom. The van der Waals surface area contributed by atoms with Gasteiger partial charge in [0.05, 0.1) is 22.6 Å². The van der Waals surface area contributed by atoms with Crippen LogP contribution in [0.25, 0.3) is 0 Å². The van der Waals surface area contributed by atoms with Gasteiger partial charge in [-0.15, -0.1) is 5.06 Å². The smallest absolute Gasteiger partial charge is 0.448 e. The molecule has 2 aliphatic heterocycles. The molecule has 0 unspecified atom stereocenters. The number of rotatable bonds is 6. The van der Waals surface area contributed by atoms with Crippen molar-refractivity contribution in [3.05, 3.63) is 42.1 Å². The first-order chi connectivity index (χ1) is 15.7. The SMILES string of the molecule is CC(C)OC(=O)ON1CCC(c2coc([C@H]3CCN(c4ccc(S(C)(=O)=O)cc4)C3)n2)CC1. The first-order valence-electron chi connectivity index (χ1n) is 11.3. The average molecular weight is 478 g/mol. The standard InChI is InChI=1S/C23H31N3O6S/c1-16(2)31-23(27)32-26-12-9-17(10-13-26)21-15-30-22(24-21)18-8-11-25(14-18)19-4-6-20(7-5-19)33(3,28)29/h4-7,15-18H,8-14H2,1-3H3/t18-/m0/s1. The lowest BCUT2D eigenvalue weighted by molar-refractivity contribution is -0.143. The molecule has 0 amide bonds. The van der Waals surface area contributed by atoms with Crippen molar-refractivity contribution in [1.29, 1.82) is 0 Å². The highest BCUT2D eigenvalue weighted by Crippen LogP contribution is 2.33. The van der Waals surface area contributed by atoms with E-state index in [1.807, 2.05) is 12.1 Å². The van der Waals surface area contributed by atoms with E-state index in [4.69, 9.17) is 19.0 Å². The van der Waals surface area contributed by atoms with Crippen molar-refractivity contribution in [1.82, 2.24) is 10.0 Å². The van der Waals surface area contributed by atoms with Crippen LogP contribution in [0.15, 0.2) is 39.8 Å². The van der Waals surface area contributed by atoms with Gasteiger partial charge in [-0.05, 0) is 57.4 Å². The molecule has 180 valence electrons. The summed E-state index contributed by atoms with van der Waals surface area (Å²) < 4.78 is 34.2. The van der Waals surface area contributed by atoms with Gasteiger partial charge in [-0.1, -0.05) is 0 Å². The number of ether oxygens (including phenoxy) is 1. The van der Waals surface area contributed by atoms with Crippen molar-refractivity contribution in [3.63, 3.8) is 0 Å². The highest BCUT2D eigenvalue weighted by Gasteiger charge is 2.30. The predicted molar refractivity (Wildman–Crippen MR) is 122 cm³/mol. The maximum Gasteiger partial charge on any atom is 0.528 e. The molecular formula is C23H31N3O6S. The van der Waals surface area contributed by atoms with E-state index < -0.39 is 16.0 Å². The molecule has 1 aromatic carbocycles. The molecule has 2 aromatic rings. The molecule has 0 bridgehead atoms. The fourth-order valence-electron chi connectivity index (χ4n) is 4.34. The number of carbonyl (C=O) groups excluding carboxylic acids is 1. The molecule has 33 heavy (non-hydrogen) atoms. The summed E-state index contributed by atoms with van der Waals surface area (Å²) in [6, 6.07) is 7.01. The van der Waals surface area contributed by atoms with Gasteiger partial charge in [0.2, 0.25) is 0 Å². The molecule has 0 saturated carbocycles. The topological polar surface area (TPSA) is 102 Å². The van der Waals surface area contributed by atoms with E-state index >= 15 is 0 Å². The van der Waals surface area contributed by atoms with Crippen LogP contribution in [0.2, 0.25) is 0 Å². The van der Waals surface area contributed by atoms with Crippen LogP contribution in [-0.2, 0) is 19.4 Å². The first kappa shape index (κ1) is 23.6. The summed E-state index contributed by atoms with van der Waals surface area (Å²) in [5.74, 6) is 1.21. The maximum absolute atomic E-state index is 11.7. The summed E-state index contributed by atoms with van der Waals surface area (Å²) in [5.41, 5.74) is 1.95. The normalized spacial score (nSPS) is 20.4. The monoisotopic (exact) mass is 477 g/mol. The van der Waals surface area contributed by atoms with E-state index in [1.54, 1.807) is 37.3 Å². The van der Waals surface area contributed by atoms with Crippen LogP contribution in [0.3, 0.4) is 0 Å². The molecule has 1 aromatic heterocycles. The minimum Gasteiger partial charge on any atom is -0.448 e. The van der Waals surface area contributed by atoms with Crippen LogP contribution in [0.1, 0.15) is 56.5 Å². The van der Waals surface area contributed by atoms with E-state index in [1.165, 1.54) is 6.26 Å². The summed E-state index contributed by atoms with van der Waals surface area (Å²) in [6.07, 6.45) is 4.68. The molecule has 0 spiro atoms. The van der Waals surface area contributed by atoms with Crippen molar-refractivity contribution in [3.8, 4) is 0 Å². The van der Waals surface area contributed by atoms with Crippen molar-refractivity contribution >= 4 is 21.7 Å². The van der Waals surface area contributed by atoms with Crippen molar-refractivity contribution < 1.29 is 27.2 Å². The van der Waals surface area contributed by atoms with Crippen LogP contribution >= 0.6 is 0 Å². The molecule has 0 aliphatic carbocycles. The van der Waals surface area contributed by atoms with Crippen LogP contribution in [0.5, 0.6) is 0 Å². The number of carbonyl (C=O) groups is 1. The number of benzene rings is 1. The Morgan fingerprint density at radius 1 is 1.09 bits per heavy atom. The number of hydroxylamine groups is 2. The summed E-state index contributed by atoms with van der Waals surface area (Å²) >= 11 is 0. The van der Waals surface area contributed by atoms with E-state index in [-0.39, 0.29) is 17.9 Å². The summed E-state index contributed by atoms with van der Waals surface area (Å²) in [6.45, 7) is 6.47. The second-order valence-electron chi connectivity index (χ2n) is 9.02. The van der Waals surface area contributed by atoms with E-state index in [0.717, 1.165) is 49.6 Å². The molecule has 0 N–H and O–H groups in total. The zero-order valence-electron chi connectivity index (χ0n) is 19.3. The molecule has 9 nitrogen and oxygen atoms in total. The van der Waals surface area contributed by atoms with Crippen molar-refractivity contribution in [2.45, 2.75) is 55.9 Å². The number of hydrogen-bond acceptors (Lipinski definition) is 9. The zero-order valence-corrected chi connectivity index (χ0v) is 20.1. The van der Waals surface area contributed by atoms with Crippen molar-refractivity contribution in [2.24, 2.45) is 0 Å². The minimum absolute atomic E-state index is 0.197. The highest BCUT2D eigenvalue weighted by molar-refractivity contribution is 7.90. The Morgan fingerprint density at radius 2 is 1.76 bits per heavy atom. The van der Waals surface area contributed by atoms with Crippen LogP contribution in [0.4, 0.5) is 10.5 Å². The van der Waals surface area contributed by atoms with Gasteiger partial charge in [-0.3, -0.25) is 0 Å². The second kappa shape index (κ2) is 9.72. The third-order valence-electron chi connectivity index (χ3n) is 6.11. The Bertz CT molecular complexity index is 1060. The molecule has 10 heteroatoms. The molecule has 2 fully saturated rings. The van der Waals surface area contributed by atoms with Gasteiger partial charge in [-0.25, -0.2) is 18.2 Å². The fraction of sp³-hybridized carbons (Fsp3) is 0.565. The molecule has 0 radical (unpaired) electrons. The summed E-state index contributed by atoms with van der Waals surface area (Å²) in [5, 5.41) is 1.64. The number of nitrogens with zero attached hydrogens (tertiary/aromatic N) is 3. The van der Waals surface area contributed by atoms with Gasteiger partial charge in [0.15, 0.2) is 15.7 Å². The van der Waals surface area contributed by atoms with Gasteiger partial charge in [0, 0.05) is 44.0 Å². The Labute approximate surface area is 194 Å². The molecule has 4 rings (SSSR count). The van der Waals surface area contributed by atoms with E-state index in [2.05, 4.69) is 4.90 Å². The third kappa shape index (κ3) is 5.86. The van der Waals surface area contributed by atoms with Crippen LogP contribution < -0.4 is 4.90 Å². The Kier molecular flexibility index (Phi) is 6.94. The molecule has 2 aliphatic rings. The average Bonchev–Trinajstić information content (AvgIpc) is 3.43. The Hall–Kier alpha value is -2.59. The number of oxazole rings is 1. The van der Waals surface area contributed by atoms with Crippen LogP contribution in [-0.4, -0.2) is 63.2 Å². The highest BCUT2D eigenvalue weighted by atomic mass is 32.2. The first-order valence-corrected chi connectivity index (χ1v) is 13.2. The van der Waals surface area contributed by atoms with Gasteiger partial charge in [0.25, 0.3) is 0 Å². The van der Waals surface area contributed by atoms with Gasteiger partial charge in [-0.2, -0.15) is 0 Å². The van der Waals surface area contributed by atoms with Gasteiger partial charge in [0.1, 0.15) is 6.26 Å². The molecule has 3 heterocycles. The zero-order chi connectivity index (χ0) is 23.6. The number of piperidine rings is 1. The lowest BCUT2D eigenvalue weighted by Gasteiger charge is -2.29. The number of anilines is 1. The number of aromatic nitrogens is 1. The molecule has 2 saturated heterocycles. The van der Waals surface area contributed by atoms with E-state index in [9.17, 15) is 13.2 Å². The predicted octanol–water partition coefficient (Wildman–Crippen LogP) is 3.73. The van der Waals surface area contributed by atoms with Gasteiger partial charge < -0.3 is 18.9 Å². The second-order valence-corrected chi connectivity index (χ2v) is 11.0. The largest absolute Gasteiger partial charge is 0.528 e. The Balaban J connectivity index is 1.30. The summed E-state index contributed by atoms with van der Waals surface area (Å²) in [7, 11) is -3.20. The number of sulfone groups is 1. The van der Waals surface area contributed by atoms with E-state index in [0.29, 0.717) is 18.0 Å². The quantitative estimate of drug-likeness (QED) is 0.576. The van der Waals surface area contributed by atoms with Crippen LogP contribution in [0, 0.1) is 0 Å². The van der Waals surface area contributed by atoms with Crippen molar-refractivity contribution in [2.75, 3.05) is 37.3 Å². The maximum atomic E-state index is 11.7. The number of hydrogen-bond donors (Lipinski definition) is 0. The lowest BCUT2D eigenvalue weighted by Crippen LogP contribution is -2.35. The fourth-order valence-corrected chi connectivity index (χ4v) is 4.97. The summed E-state index contributed by atoms with van der Waals surface area (Å²) in [4.78, 5) is 24.3. The third-order valence-corrected chi connectivity index (χ3v) is 7.24. The van der Waals surface area contributed by atoms with Gasteiger partial charge >= 0.3 is 6.16 Å². The lowest BCUT2D eigenvalue weighted by atomic mass is 9.95. The molecular weight excluding hydrogens is 446 g/mol.